The molecule has 8 nitrogen and oxygen atoms in total. The lowest BCUT2D eigenvalue weighted by Crippen LogP contribution is -2.38. The Kier molecular flexibility index (Phi) is 8.54. The maximum atomic E-state index is 13.9. The summed E-state index contributed by atoms with van der Waals surface area (Å²) in [4.78, 5) is 28.8. The van der Waals surface area contributed by atoms with Crippen molar-refractivity contribution in [2.45, 2.75) is 12.0 Å². The lowest BCUT2D eigenvalue weighted by Gasteiger charge is -2.31. The van der Waals surface area contributed by atoms with Crippen LogP contribution >= 0.6 is 0 Å². The van der Waals surface area contributed by atoms with Gasteiger partial charge in [-0.3, -0.25) is 19.0 Å². The normalized spacial score (nSPS) is 14.0. The summed E-state index contributed by atoms with van der Waals surface area (Å²) in [6, 6.07) is 29.4. The van der Waals surface area contributed by atoms with Gasteiger partial charge in [-0.25, -0.2) is 4.39 Å². The van der Waals surface area contributed by atoms with E-state index in [-0.39, 0.29) is 30.7 Å². The first-order chi connectivity index (χ1) is 20.6. The topological polar surface area (TPSA) is 121 Å². The van der Waals surface area contributed by atoms with E-state index in [1.165, 1.54) is 36.4 Å². The van der Waals surface area contributed by atoms with Crippen LogP contribution in [0.15, 0.2) is 109 Å². The summed E-state index contributed by atoms with van der Waals surface area (Å²) >= 11 is 0. The molecule has 2 amide bonds. The van der Waals surface area contributed by atoms with Gasteiger partial charge in [-0.2, -0.15) is 8.42 Å². The summed E-state index contributed by atoms with van der Waals surface area (Å²) in [5.41, 5.74) is 0.657. The number of hydrogen-bond acceptors (Lipinski definition) is 6. The number of aliphatic hydroxyl groups is 1. The number of carbonyl (C=O) groups is 2. The number of imide groups is 1. The lowest BCUT2D eigenvalue weighted by atomic mass is 9.83. The third-order valence-electron chi connectivity index (χ3n) is 7.25. The van der Waals surface area contributed by atoms with Crippen molar-refractivity contribution < 1.29 is 36.8 Å². The lowest BCUT2D eigenvalue weighted by molar-refractivity contribution is -0.136. The van der Waals surface area contributed by atoms with E-state index in [2.05, 4.69) is 0 Å². The third-order valence-corrected chi connectivity index (χ3v) is 7.94. The zero-order valence-electron chi connectivity index (χ0n) is 22.9. The van der Waals surface area contributed by atoms with Gasteiger partial charge in [0.1, 0.15) is 29.5 Å². The van der Waals surface area contributed by atoms with Gasteiger partial charge in [-0.15, -0.1) is 0 Å². The van der Waals surface area contributed by atoms with Crippen molar-refractivity contribution in [2.75, 3.05) is 18.9 Å². The number of rotatable bonds is 11. The highest BCUT2D eigenvalue weighted by molar-refractivity contribution is 7.85. The Hall–Kier alpha value is -4.64. The predicted molar refractivity (Wildman–Crippen MR) is 159 cm³/mol. The van der Waals surface area contributed by atoms with Crippen molar-refractivity contribution in [3.8, 4) is 5.75 Å². The van der Waals surface area contributed by atoms with E-state index < -0.39 is 39.1 Å². The standard InChI is InChI=1S/C33H28FNO7S/c34-27-15-11-23(12-16-27)29-30(24-13-17-28(18-14-24)42-21-22-43(39,40)41)32(37)35(31(29)36)20-19-33(38,25-7-3-1-4-8-25)26-9-5-2-6-10-26/h1-18,38H,19-22H2,(H,39,40,41). The molecule has 5 rings (SSSR count). The second kappa shape index (κ2) is 12.3. The summed E-state index contributed by atoms with van der Waals surface area (Å²) in [5, 5.41) is 12.0. The van der Waals surface area contributed by atoms with Crippen LogP contribution in [0.1, 0.15) is 28.7 Å². The van der Waals surface area contributed by atoms with Gasteiger partial charge in [-0.05, 0) is 46.5 Å². The molecule has 2 N–H and O–H groups in total. The fourth-order valence-corrected chi connectivity index (χ4v) is 5.36. The molecule has 0 bridgehead atoms. The van der Waals surface area contributed by atoms with Crippen LogP contribution in [0.4, 0.5) is 4.39 Å². The van der Waals surface area contributed by atoms with Gasteiger partial charge in [0.15, 0.2) is 0 Å². The van der Waals surface area contributed by atoms with E-state index in [1.54, 1.807) is 60.7 Å². The van der Waals surface area contributed by atoms with Gasteiger partial charge in [0, 0.05) is 13.0 Å². The van der Waals surface area contributed by atoms with Crippen LogP contribution in [0.3, 0.4) is 0 Å². The Morgan fingerprint density at radius 2 is 1.19 bits per heavy atom. The molecule has 0 radical (unpaired) electrons. The van der Waals surface area contributed by atoms with Crippen LogP contribution in [0.5, 0.6) is 5.75 Å². The van der Waals surface area contributed by atoms with E-state index >= 15 is 0 Å². The van der Waals surface area contributed by atoms with Crippen molar-refractivity contribution in [1.29, 1.82) is 0 Å². The molecule has 1 heterocycles. The molecule has 1 aliphatic heterocycles. The number of benzene rings is 4. The van der Waals surface area contributed by atoms with Crippen molar-refractivity contribution in [2.24, 2.45) is 0 Å². The summed E-state index contributed by atoms with van der Waals surface area (Å²) < 4.78 is 50.0. The Balaban J connectivity index is 1.47. The van der Waals surface area contributed by atoms with Gasteiger partial charge in [0.2, 0.25) is 0 Å². The smallest absolute Gasteiger partial charge is 0.268 e. The Labute approximate surface area is 248 Å². The average molecular weight is 602 g/mol. The van der Waals surface area contributed by atoms with Gasteiger partial charge in [0.25, 0.3) is 21.9 Å². The SMILES string of the molecule is O=C1C(c2ccc(F)cc2)=C(c2ccc(OCCS(=O)(=O)O)cc2)C(=O)N1CCC(O)(c1ccccc1)c1ccccc1. The Morgan fingerprint density at radius 1 is 0.721 bits per heavy atom. The molecule has 43 heavy (non-hydrogen) atoms. The number of ether oxygens (including phenoxy) is 1. The predicted octanol–water partition coefficient (Wildman–Crippen LogP) is 4.70. The zero-order valence-corrected chi connectivity index (χ0v) is 23.7. The monoisotopic (exact) mass is 601 g/mol. The van der Waals surface area contributed by atoms with E-state index in [4.69, 9.17) is 9.29 Å². The summed E-state index contributed by atoms with van der Waals surface area (Å²) in [7, 11) is -4.19. The van der Waals surface area contributed by atoms with Gasteiger partial charge in [0.05, 0.1) is 11.1 Å². The van der Waals surface area contributed by atoms with Crippen molar-refractivity contribution >= 4 is 33.1 Å². The minimum Gasteiger partial charge on any atom is -0.492 e. The summed E-state index contributed by atoms with van der Waals surface area (Å²) in [5.74, 6) is -1.95. The number of nitrogens with zero attached hydrogens (tertiary/aromatic N) is 1. The highest BCUT2D eigenvalue weighted by Gasteiger charge is 2.41. The molecule has 0 saturated carbocycles. The molecular weight excluding hydrogens is 573 g/mol. The first-order valence-electron chi connectivity index (χ1n) is 13.4. The van der Waals surface area contributed by atoms with Crippen molar-refractivity contribution in [3.63, 3.8) is 0 Å². The van der Waals surface area contributed by atoms with Crippen LogP contribution in [-0.4, -0.2) is 53.7 Å². The van der Waals surface area contributed by atoms with Crippen LogP contribution < -0.4 is 4.74 Å². The fraction of sp³-hybridized carbons (Fsp3) is 0.152. The van der Waals surface area contributed by atoms with Crippen LogP contribution in [0.2, 0.25) is 0 Å². The molecule has 0 aromatic heterocycles. The molecule has 4 aromatic carbocycles. The number of amides is 2. The van der Waals surface area contributed by atoms with Crippen LogP contribution in [0.25, 0.3) is 11.1 Å². The minimum atomic E-state index is -4.19. The highest BCUT2D eigenvalue weighted by Crippen LogP contribution is 2.39. The molecule has 0 atom stereocenters. The van der Waals surface area contributed by atoms with Crippen molar-refractivity contribution in [3.05, 3.63) is 137 Å². The maximum absolute atomic E-state index is 13.9. The molecule has 10 heteroatoms. The maximum Gasteiger partial charge on any atom is 0.268 e. The minimum absolute atomic E-state index is 0.0169. The highest BCUT2D eigenvalue weighted by atomic mass is 32.2. The Morgan fingerprint density at radius 3 is 1.65 bits per heavy atom. The second-order valence-electron chi connectivity index (χ2n) is 10.0. The molecule has 1 aliphatic rings. The van der Waals surface area contributed by atoms with E-state index in [9.17, 15) is 27.5 Å². The second-order valence-corrected chi connectivity index (χ2v) is 11.6. The first-order valence-corrected chi connectivity index (χ1v) is 15.1. The third kappa shape index (κ3) is 6.56. The molecular formula is C33H28FNO7S. The van der Waals surface area contributed by atoms with Crippen LogP contribution in [0, 0.1) is 5.82 Å². The molecule has 0 fully saturated rings. The molecule has 220 valence electrons. The van der Waals surface area contributed by atoms with E-state index in [0.717, 1.165) is 4.90 Å². The van der Waals surface area contributed by atoms with Gasteiger partial charge in [-0.1, -0.05) is 84.9 Å². The van der Waals surface area contributed by atoms with Crippen LogP contribution in [-0.2, 0) is 25.3 Å². The number of hydrogen-bond donors (Lipinski definition) is 2. The molecule has 0 unspecified atom stereocenters. The quantitative estimate of drug-likeness (QED) is 0.189. The Bertz CT molecular complexity index is 1720. The summed E-state index contributed by atoms with van der Waals surface area (Å²) in [6.07, 6.45) is 0.0169. The number of halogens is 1. The first kappa shape index (κ1) is 29.8. The number of carbonyl (C=O) groups excluding carboxylic acids is 2. The molecule has 4 aromatic rings. The van der Waals surface area contributed by atoms with Crippen molar-refractivity contribution in [1.82, 2.24) is 4.90 Å². The van der Waals surface area contributed by atoms with Gasteiger partial charge >= 0.3 is 0 Å². The van der Waals surface area contributed by atoms with E-state index in [0.29, 0.717) is 28.0 Å². The molecule has 0 saturated heterocycles. The molecule has 0 spiro atoms. The van der Waals surface area contributed by atoms with E-state index in [1.807, 2.05) is 12.1 Å². The van der Waals surface area contributed by atoms with Gasteiger partial charge < -0.3 is 9.84 Å². The fourth-order valence-electron chi connectivity index (χ4n) is 5.07. The largest absolute Gasteiger partial charge is 0.492 e. The summed E-state index contributed by atoms with van der Waals surface area (Å²) in [6.45, 7) is -0.387. The zero-order chi connectivity index (χ0) is 30.6. The average Bonchev–Trinajstić information content (AvgIpc) is 3.25. The molecule has 0 aliphatic carbocycles.